The summed E-state index contributed by atoms with van der Waals surface area (Å²) >= 11 is 6.55. The lowest BCUT2D eigenvalue weighted by Crippen LogP contribution is -2.50. The number of nitrogens with one attached hydrogen (secondary N) is 2. The number of piperidine rings is 1. The van der Waals surface area contributed by atoms with Crippen molar-refractivity contribution in [2.45, 2.75) is 58.5 Å². The van der Waals surface area contributed by atoms with Gasteiger partial charge in [-0.3, -0.25) is 19.2 Å². The van der Waals surface area contributed by atoms with Crippen LogP contribution in [0.2, 0.25) is 5.02 Å². The molecule has 4 amide bonds. The van der Waals surface area contributed by atoms with Crippen molar-refractivity contribution in [1.82, 2.24) is 15.2 Å². The number of fused-ring (bicyclic) bond motifs is 1. The van der Waals surface area contributed by atoms with Crippen molar-refractivity contribution in [2.24, 2.45) is 22.8 Å². The van der Waals surface area contributed by atoms with Crippen molar-refractivity contribution in [3.05, 3.63) is 28.9 Å². The summed E-state index contributed by atoms with van der Waals surface area (Å²) in [6.07, 6.45) is 1.74. The van der Waals surface area contributed by atoms with Crippen LogP contribution in [0.15, 0.2) is 18.2 Å². The maximum Gasteiger partial charge on any atom is 0.265 e. The van der Waals surface area contributed by atoms with Gasteiger partial charge in [0.25, 0.3) is 5.91 Å². The number of rotatable bonds is 9. The molecule has 10 nitrogen and oxygen atoms in total. The average Bonchev–Trinajstić information content (AvgIpc) is 3.19. The average molecular weight is 520 g/mol. The topological polar surface area (TPSA) is 159 Å². The standard InChI is InChI=1S/C25H34ClN5O5/c1-25(2,3)12-18(24(35)30-16(21(27)32)10-13-6-5-9-29-23(13)34)31-17(22(28)33)11-14-19(36-4)8-7-15(26)20(14)31/h7-8,11,13,16,18H,5-6,9-10,12H2,1-4H3,(H2,27,32)(H2,28,33)(H,29,34)(H,30,35)/t13-,16-,18-/m0/s1. The highest BCUT2D eigenvalue weighted by molar-refractivity contribution is 6.35. The van der Waals surface area contributed by atoms with E-state index in [0.29, 0.717) is 34.6 Å². The lowest BCUT2D eigenvalue weighted by Gasteiger charge is -2.30. The number of methoxy groups -OCH3 is 1. The molecule has 1 aromatic carbocycles. The van der Waals surface area contributed by atoms with Crippen LogP contribution in [0, 0.1) is 11.3 Å². The van der Waals surface area contributed by atoms with E-state index in [1.165, 1.54) is 11.7 Å². The molecule has 0 spiro atoms. The summed E-state index contributed by atoms with van der Waals surface area (Å²) in [5.41, 5.74) is 11.5. The Kier molecular flexibility index (Phi) is 8.18. The zero-order valence-corrected chi connectivity index (χ0v) is 21.8. The normalized spacial score (nSPS) is 17.8. The first kappa shape index (κ1) is 27.3. The summed E-state index contributed by atoms with van der Waals surface area (Å²) in [6.45, 7) is 6.42. The lowest BCUT2D eigenvalue weighted by atomic mass is 9.87. The molecule has 36 heavy (non-hydrogen) atoms. The van der Waals surface area contributed by atoms with E-state index >= 15 is 0 Å². The fourth-order valence-electron chi connectivity index (χ4n) is 4.71. The van der Waals surface area contributed by atoms with Gasteiger partial charge in [-0.25, -0.2) is 0 Å². The molecular weight excluding hydrogens is 486 g/mol. The van der Waals surface area contributed by atoms with E-state index in [0.717, 1.165) is 6.42 Å². The van der Waals surface area contributed by atoms with Crippen LogP contribution in [0.25, 0.3) is 10.9 Å². The maximum atomic E-state index is 13.8. The Morgan fingerprint density at radius 1 is 1.28 bits per heavy atom. The van der Waals surface area contributed by atoms with E-state index in [4.69, 9.17) is 27.8 Å². The number of carbonyl (C=O) groups is 4. The van der Waals surface area contributed by atoms with Gasteiger partial charge in [-0.15, -0.1) is 0 Å². The summed E-state index contributed by atoms with van der Waals surface area (Å²) in [7, 11) is 1.49. The van der Waals surface area contributed by atoms with Crippen molar-refractivity contribution in [1.29, 1.82) is 0 Å². The van der Waals surface area contributed by atoms with Crippen LogP contribution in [-0.4, -0.2) is 47.9 Å². The Hall–Kier alpha value is -3.27. The Balaban J connectivity index is 2.08. The minimum atomic E-state index is -1.07. The predicted molar refractivity (Wildman–Crippen MR) is 137 cm³/mol. The molecule has 3 rings (SSSR count). The largest absolute Gasteiger partial charge is 0.496 e. The molecule has 11 heteroatoms. The molecule has 2 heterocycles. The van der Waals surface area contributed by atoms with Crippen molar-refractivity contribution in [3.8, 4) is 5.75 Å². The molecule has 1 aromatic heterocycles. The number of benzene rings is 1. The molecule has 1 fully saturated rings. The van der Waals surface area contributed by atoms with Gasteiger partial charge >= 0.3 is 0 Å². The fraction of sp³-hybridized carbons (Fsp3) is 0.520. The highest BCUT2D eigenvalue weighted by atomic mass is 35.5. The van der Waals surface area contributed by atoms with E-state index in [2.05, 4.69) is 10.6 Å². The number of carbonyl (C=O) groups excluding carboxylic acids is 4. The Labute approximate surface area is 215 Å². The smallest absolute Gasteiger partial charge is 0.265 e. The molecule has 1 saturated heterocycles. The van der Waals surface area contributed by atoms with Gasteiger partial charge in [0.15, 0.2) is 0 Å². The summed E-state index contributed by atoms with van der Waals surface area (Å²) in [5, 5.41) is 6.34. The maximum absolute atomic E-state index is 13.8. The SMILES string of the molecule is COc1ccc(Cl)c2c1cc(C(N)=O)n2[C@@H](CC(C)(C)C)C(=O)N[C@@H](C[C@@H]1CCCNC1=O)C(N)=O. The van der Waals surface area contributed by atoms with Crippen LogP contribution in [-0.2, 0) is 14.4 Å². The summed E-state index contributed by atoms with van der Waals surface area (Å²) in [5.74, 6) is -2.18. The third-order valence-electron chi connectivity index (χ3n) is 6.38. The van der Waals surface area contributed by atoms with E-state index in [9.17, 15) is 19.2 Å². The Bertz CT molecular complexity index is 1190. The summed E-state index contributed by atoms with van der Waals surface area (Å²) in [4.78, 5) is 50.8. The van der Waals surface area contributed by atoms with Gasteiger partial charge in [-0.2, -0.15) is 0 Å². The molecule has 0 unspecified atom stereocenters. The first-order valence-corrected chi connectivity index (χ1v) is 12.3. The molecule has 3 atom stereocenters. The number of nitrogens with zero attached hydrogens (tertiary/aromatic N) is 1. The number of primary amides is 2. The first-order valence-electron chi connectivity index (χ1n) is 11.9. The van der Waals surface area contributed by atoms with Crippen molar-refractivity contribution in [3.63, 3.8) is 0 Å². The molecule has 0 saturated carbocycles. The van der Waals surface area contributed by atoms with Crippen LogP contribution in [0.1, 0.15) is 63.0 Å². The van der Waals surface area contributed by atoms with Gasteiger partial charge in [0.1, 0.15) is 23.5 Å². The van der Waals surface area contributed by atoms with E-state index in [-0.39, 0.29) is 29.9 Å². The first-order chi connectivity index (χ1) is 16.8. The van der Waals surface area contributed by atoms with E-state index in [1.54, 1.807) is 18.2 Å². The van der Waals surface area contributed by atoms with Gasteiger partial charge in [0, 0.05) is 17.8 Å². The molecular formula is C25H34ClN5O5. The van der Waals surface area contributed by atoms with Crippen LogP contribution in [0.4, 0.5) is 0 Å². The predicted octanol–water partition coefficient (Wildman–Crippen LogP) is 2.27. The van der Waals surface area contributed by atoms with Crippen molar-refractivity contribution in [2.75, 3.05) is 13.7 Å². The molecule has 0 aliphatic carbocycles. The second-order valence-electron chi connectivity index (χ2n) is 10.4. The van der Waals surface area contributed by atoms with Crippen LogP contribution >= 0.6 is 11.6 Å². The number of aromatic nitrogens is 1. The Morgan fingerprint density at radius 3 is 2.53 bits per heavy atom. The van der Waals surface area contributed by atoms with Crippen LogP contribution < -0.4 is 26.8 Å². The van der Waals surface area contributed by atoms with Crippen LogP contribution in [0.5, 0.6) is 5.75 Å². The minimum absolute atomic E-state index is 0.0723. The van der Waals surface area contributed by atoms with Gasteiger partial charge in [0.05, 0.1) is 17.6 Å². The highest BCUT2D eigenvalue weighted by Crippen LogP contribution is 2.39. The summed E-state index contributed by atoms with van der Waals surface area (Å²) in [6, 6.07) is 2.79. The molecule has 2 aromatic rings. The van der Waals surface area contributed by atoms with E-state index in [1.807, 2.05) is 20.8 Å². The van der Waals surface area contributed by atoms with E-state index < -0.39 is 35.7 Å². The number of amides is 4. The fourth-order valence-corrected chi connectivity index (χ4v) is 4.96. The number of halogens is 1. The number of hydrogen-bond donors (Lipinski definition) is 4. The molecule has 1 aliphatic heterocycles. The number of ether oxygens (including phenoxy) is 1. The molecule has 0 bridgehead atoms. The molecule has 6 N–H and O–H groups in total. The second-order valence-corrected chi connectivity index (χ2v) is 10.8. The van der Waals surface area contributed by atoms with Gasteiger partial charge in [-0.1, -0.05) is 32.4 Å². The summed E-state index contributed by atoms with van der Waals surface area (Å²) < 4.78 is 6.95. The van der Waals surface area contributed by atoms with Crippen molar-refractivity contribution >= 4 is 46.1 Å². The highest BCUT2D eigenvalue weighted by Gasteiger charge is 2.35. The third-order valence-corrected chi connectivity index (χ3v) is 6.69. The third kappa shape index (κ3) is 5.92. The monoisotopic (exact) mass is 519 g/mol. The minimum Gasteiger partial charge on any atom is -0.496 e. The lowest BCUT2D eigenvalue weighted by molar-refractivity contribution is -0.132. The van der Waals surface area contributed by atoms with Crippen molar-refractivity contribution < 1.29 is 23.9 Å². The second kappa shape index (κ2) is 10.8. The van der Waals surface area contributed by atoms with Gasteiger partial charge in [0.2, 0.25) is 17.7 Å². The molecule has 196 valence electrons. The zero-order chi connectivity index (χ0) is 26.8. The quantitative estimate of drug-likeness (QED) is 0.399. The zero-order valence-electron chi connectivity index (χ0n) is 21.0. The molecule has 0 radical (unpaired) electrons. The van der Waals surface area contributed by atoms with Gasteiger partial charge < -0.3 is 31.4 Å². The Morgan fingerprint density at radius 2 is 1.97 bits per heavy atom. The van der Waals surface area contributed by atoms with Gasteiger partial charge in [-0.05, 0) is 49.3 Å². The molecule has 1 aliphatic rings. The number of hydrogen-bond acceptors (Lipinski definition) is 5. The number of nitrogens with two attached hydrogens (primary N) is 2. The van der Waals surface area contributed by atoms with Crippen LogP contribution in [0.3, 0.4) is 0 Å².